The molecule has 0 spiro atoms. The lowest BCUT2D eigenvalue weighted by Crippen LogP contribution is -2.41. The second-order valence-electron chi connectivity index (χ2n) is 5.57. The predicted molar refractivity (Wildman–Crippen MR) is 79.9 cm³/mol. The molecule has 2 heteroatoms. The molecule has 102 valence electrons. The summed E-state index contributed by atoms with van der Waals surface area (Å²) in [6.45, 7) is 6.76. The Hall–Kier alpha value is -0.860. The Morgan fingerprint density at radius 2 is 1.78 bits per heavy atom. The molecule has 0 radical (unpaired) electrons. The molecular weight excluding hydrogens is 220 g/mol. The fourth-order valence-corrected chi connectivity index (χ4v) is 2.33. The van der Waals surface area contributed by atoms with E-state index in [0.717, 1.165) is 13.1 Å². The van der Waals surface area contributed by atoms with Crippen molar-refractivity contribution in [1.29, 1.82) is 0 Å². The Kier molecular flexibility index (Phi) is 6.99. The number of aryl methyl sites for hydroxylation is 1. The maximum absolute atomic E-state index is 3.58. The normalized spacial score (nSPS) is 13.2. The molecule has 0 aliphatic carbocycles. The van der Waals surface area contributed by atoms with Gasteiger partial charge < -0.3 is 10.2 Å². The Morgan fingerprint density at radius 3 is 2.33 bits per heavy atom. The first-order chi connectivity index (χ1) is 8.61. The van der Waals surface area contributed by atoms with E-state index in [0.29, 0.717) is 12.0 Å². The van der Waals surface area contributed by atoms with Crippen molar-refractivity contribution in [2.75, 3.05) is 27.2 Å². The van der Waals surface area contributed by atoms with Crippen LogP contribution in [-0.4, -0.2) is 38.1 Å². The summed E-state index contributed by atoms with van der Waals surface area (Å²) in [6.07, 6.45) is 2.38. The third-order valence-electron chi connectivity index (χ3n) is 3.45. The summed E-state index contributed by atoms with van der Waals surface area (Å²) >= 11 is 0. The number of nitrogens with zero attached hydrogens (tertiary/aromatic N) is 1. The summed E-state index contributed by atoms with van der Waals surface area (Å²) in [7, 11) is 4.33. The van der Waals surface area contributed by atoms with Crippen LogP contribution in [0.25, 0.3) is 0 Å². The lowest BCUT2D eigenvalue weighted by atomic mass is 10.0. The summed E-state index contributed by atoms with van der Waals surface area (Å²) in [5.74, 6) is 0.696. The number of benzene rings is 1. The van der Waals surface area contributed by atoms with Crippen LogP contribution in [0.1, 0.15) is 25.8 Å². The van der Waals surface area contributed by atoms with Gasteiger partial charge in [-0.3, -0.25) is 0 Å². The Morgan fingerprint density at radius 1 is 1.11 bits per heavy atom. The third-order valence-corrected chi connectivity index (χ3v) is 3.45. The molecule has 0 heterocycles. The minimum absolute atomic E-state index is 0.627. The molecule has 1 unspecified atom stereocenters. The van der Waals surface area contributed by atoms with Crippen LogP contribution in [0.3, 0.4) is 0 Å². The van der Waals surface area contributed by atoms with Crippen LogP contribution in [-0.2, 0) is 6.42 Å². The van der Waals surface area contributed by atoms with Crippen LogP contribution in [0.15, 0.2) is 30.3 Å². The van der Waals surface area contributed by atoms with Gasteiger partial charge in [0.15, 0.2) is 0 Å². The summed E-state index contributed by atoms with van der Waals surface area (Å²) in [5.41, 5.74) is 1.44. The number of hydrogen-bond donors (Lipinski definition) is 1. The van der Waals surface area contributed by atoms with E-state index in [1.807, 2.05) is 0 Å². The molecule has 18 heavy (non-hydrogen) atoms. The molecule has 0 aromatic heterocycles. The molecule has 0 bridgehead atoms. The highest BCUT2D eigenvalue weighted by molar-refractivity contribution is 5.14. The highest BCUT2D eigenvalue weighted by Gasteiger charge is 2.14. The topological polar surface area (TPSA) is 15.3 Å². The van der Waals surface area contributed by atoms with Gasteiger partial charge in [0.2, 0.25) is 0 Å². The van der Waals surface area contributed by atoms with E-state index in [-0.39, 0.29) is 0 Å². The quantitative estimate of drug-likeness (QED) is 0.712. The number of hydrogen-bond acceptors (Lipinski definition) is 2. The van der Waals surface area contributed by atoms with Crippen molar-refractivity contribution >= 4 is 0 Å². The monoisotopic (exact) mass is 248 g/mol. The summed E-state index contributed by atoms with van der Waals surface area (Å²) in [6, 6.07) is 11.3. The van der Waals surface area contributed by atoms with Crippen molar-refractivity contribution < 1.29 is 0 Å². The SMILES string of the molecule is CC(C)C(CNCCCc1ccccc1)N(C)C. The van der Waals surface area contributed by atoms with Gasteiger partial charge in [-0.25, -0.2) is 0 Å². The van der Waals surface area contributed by atoms with E-state index >= 15 is 0 Å². The van der Waals surface area contributed by atoms with Crippen LogP contribution < -0.4 is 5.32 Å². The van der Waals surface area contributed by atoms with Gasteiger partial charge in [0.1, 0.15) is 0 Å². The minimum atomic E-state index is 0.627. The van der Waals surface area contributed by atoms with Gasteiger partial charge >= 0.3 is 0 Å². The first kappa shape index (κ1) is 15.2. The van der Waals surface area contributed by atoms with Gasteiger partial charge in [0.05, 0.1) is 0 Å². The van der Waals surface area contributed by atoms with Crippen LogP contribution in [0, 0.1) is 5.92 Å². The second-order valence-corrected chi connectivity index (χ2v) is 5.57. The zero-order chi connectivity index (χ0) is 13.4. The van der Waals surface area contributed by atoms with E-state index in [4.69, 9.17) is 0 Å². The van der Waals surface area contributed by atoms with Crippen molar-refractivity contribution in [1.82, 2.24) is 10.2 Å². The number of rotatable bonds is 8. The van der Waals surface area contributed by atoms with E-state index in [2.05, 4.69) is 68.5 Å². The van der Waals surface area contributed by atoms with Crippen molar-refractivity contribution in [2.45, 2.75) is 32.7 Å². The third kappa shape index (κ3) is 5.65. The highest BCUT2D eigenvalue weighted by atomic mass is 15.1. The Labute approximate surface area is 112 Å². The molecule has 1 aromatic carbocycles. The Bertz CT molecular complexity index is 298. The number of likely N-dealkylation sites (N-methyl/N-ethyl adjacent to an activating group) is 1. The molecule has 1 aromatic rings. The van der Waals surface area contributed by atoms with Crippen molar-refractivity contribution in [2.24, 2.45) is 5.92 Å². The summed E-state index contributed by atoms with van der Waals surface area (Å²) < 4.78 is 0. The lowest BCUT2D eigenvalue weighted by Gasteiger charge is -2.28. The molecule has 0 saturated carbocycles. The van der Waals surface area contributed by atoms with Gasteiger partial charge in [-0.15, -0.1) is 0 Å². The zero-order valence-corrected chi connectivity index (χ0v) is 12.3. The summed E-state index contributed by atoms with van der Waals surface area (Å²) in [4.78, 5) is 2.31. The highest BCUT2D eigenvalue weighted by Crippen LogP contribution is 2.06. The fourth-order valence-electron chi connectivity index (χ4n) is 2.33. The average Bonchev–Trinajstić information content (AvgIpc) is 2.34. The van der Waals surface area contributed by atoms with Crippen LogP contribution >= 0.6 is 0 Å². The molecule has 2 nitrogen and oxygen atoms in total. The maximum Gasteiger partial charge on any atom is 0.0237 e. The molecule has 0 fully saturated rings. The van der Waals surface area contributed by atoms with E-state index in [9.17, 15) is 0 Å². The van der Waals surface area contributed by atoms with E-state index < -0.39 is 0 Å². The average molecular weight is 248 g/mol. The lowest BCUT2D eigenvalue weighted by molar-refractivity contribution is 0.225. The fraction of sp³-hybridized carbons (Fsp3) is 0.625. The standard InChI is InChI=1S/C16H28N2/c1-14(2)16(18(3)4)13-17-12-8-11-15-9-6-5-7-10-15/h5-7,9-10,14,16-17H,8,11-13H2,1-4H3. The molecule has 0 aliphatic rings. The van der Waals surface area contributed by atoms with Gasteiger partial charge in [0.25, 0.3) is 0 Å². The van der Waals surface area contributed by atoms with Crippen molar-refractivity contribution in [3.05, 3.63) is 35.9 Å². The van der Waals surface area contributed by atoms with Crippen LogP contribution in [0.4, 0.5) is 0 Å². The van der Waals surface area contributed by atoms with Gasteiger partial charge in [-0.1, -0.05) is 44.2 Å². The Balaban J connectivity index is 2.15. The minimum Gasteiger partial charge on any atom is -0.315 e. The molecule has 1 rings (SSSR count). The predicted octanol–water partition coefficient (Wildman–Crippen LogP) is 2.80. The van der Waals surface area contributed by atoms with E-state index in [1.165, 1.54) is 18.4 Å². The first-order valence-corrected chi connectivity index (χ1v) is 7.02. The second kappa shape index (κ2) is 8.28. The largest absolute Gasteiger partial charge is 0.315 e. The first-order valence-electron chi connectivity index (χ1n) is 7.02. The van der Waals surface area contributed by atoms with Crippen LogP contribution in [0.5, 0.6) is 0 Å². The molecular formula is C16H28N2. The molecule has 0 aliphatic heterocycles. The smallest absolute Gasteiger partial charge is 0.0237 e. The molecule has 1 atom stereocenters. The van der Waals surface area contributed by atoms with Crippen molar-refractivity contribution in [3.8, 4) is 0 Å². The molecule has 0 amide bonds. The van der Waals surface area contributed by atoms with Gasteiger partial charge in [0, 0.05) is 12.6 Å². The van der Waals surface area contributed by atoms with E-state index in [1.54, 1.807) is 0 Å². The zero-order valence-electron chi connectivity index (χ0n) is 12.3. The van der Waals surface area contributed by atoms with Crippen molar-refractivity contribution in [3.63, 3.8) is 0 Å². The van der Waals surface area contributed by atoms with Crippen LogP contribution in [0.2, 0.25) is 0 Å². The number of nitrogens with one attached hydrogen (secondary N) is 1. The maximum atomic E-state index is 3.58. The van der Waals surface area contributed by atoms with Gasteiger partial charge in [-0.2, -0.15) is 0 Å². The van der Waals surface area contributed by atoms with Gasteiger partial charge in [-0.05, 0) is 45.0 Å². The molecule has 0 saturated heterocycles. The molecule has 1 N–H and O–H groups in total. The summed E-state index contributed by atoms with van der Waals surface area (Å²) in [5, 5.41) is 3.58.